The quantitative estimate of drug-likeness (QED) is 0.882. The van der Waals surface area contributed by atoms with Crippen LogP contribution in [0.4, 0.5) is 0 Å². The maximum atomic E-state index is 4.43. The predicted molar refractivity (Wildman–Crippen MR) is 68.3 cm³/mol. The maximum absolute atomic E-state index is 4.43. The fourth-order valence-electron chi connectivity index (χ4n) is 1.44. The average Bonchev–Trinajstić information content (AvgIpc) is 2.79. The molecular formula is C12H18N6. The maximum Gasteiger partial charge on any atom is 0.252 e. The Bertz CT molecular complexity index is 512. The molecule has 18 heavy (non-hydrogen) atoms. The van der Waals surface area contributed by atoms with E-state index in [1.165, 1.54) is 6.33 Å². The summed E-state index contributed by atoms with van der Waals surface area (Å²) >= 11 is 0. The van der Waals surface area contributed by atoms with E-state index in [-0.39, 0.29) is 5.54 Å². The first-order valence-electron chi connectivity index (χ1n) is 5.88. The Labute approximate surface area is 106 Å². The molecule has 2 rings (SSSR count). The molecule has 0 saturated carbocycles. The molecule has 0 atom stereocenters. The van der Waals surface area contributed by atoms with Gasteiger partial charge in [-0.25, -0.2) is 15.0 Å². The average molecular weight is 246 g/mol. The van der Waals surface area contributed by atoms with Gasteiger partial charge in [0, 0.05) is 29.5 Å². The van der Waals surface area contributed by atoms with Gasteiger partial charge in [-0.05, 0) is 27.7 Å². The number of aryl methyl sites for hydroxylation is 1. The summed E-state index contributed by atoms with van der Waals surface area (Å²) < 4.78 is 1.55. The molecule has 0 aliphatic heterocycles. The summed E-state index contributed by atoms with van der Waals surface area (Å²) in [4.78, 5) is 12.6. The first-order chi connectivity index (χ1) is 8.46. The monoisotopic (exact) mass is 246 g/mol. The zero-order chi connectivity index (χ0) is 13.2. The second-order valence-electron chi connectivity index (χ2n) is 5.22. The molecule has 1 N–H and O–H groups in total. The van der Waals surface area contributed by atoms with Crippen molar-refractivity contribution in [2.24, 2.45) is 0 Å². The summed E-state index contributed by atoms with van der Waals surface area (Å²) in [6.45, 7) is 9.13. The molecule has 0 fully saturated rings. The van der Waals surface area contributed by atoms with Crippen molar-refractivity contribution in [1.82, 2.24) is 30.0 Å². The molecule has 0 aliphatic rings. The van der Waals surface area contributed by atoms with Crippen LogP contribution in [-0.2, 0) is 6.54 Å². The zero-order valence-electron chi connectivity index (χ0n) is 11.2. The standard InChI is InChI=1S/C12H18N6/c1-9-10(6-15-12(2,3)4)5-14-11(17-9)18-8-13-7-16-18/h5,7-8,15H,6H2,1-4H3. The molecule has 0 aliphatic carbocycles. The third-order valence-corrected chi connectivity index (χ3v) is 2.50. The highest BCUT2D eigenvalue weighted by Crippen LogP contribution is 2.08. The molecule has 0 saturated heterocycles. The fourth-order valence-corrected chi connectivity index (χ4v) is 1.44. The predicted octanol–water partition coefficient (Wildman–Crippen LogP) is 1.25. The highest BCUT2D eigenvalue weighted by Gasteiger charge is 2.11. The van der Waals surface area contributed by atoms with Crippen LogP contribution in [0, 0.1) is 6.92 Å². The number of hydrogen-bond acceptors (Lipinski definition) is 5. The Kier molecular flexibility index (Phi) is 3.38. The molecule has 0 radical (unpaired) electrons. The summed E-state index contributed by atoms with van der Waals surface area (Å²) in [5, 5.41) is 7.43. The van der Waals surface area contributed by atoms with Crippen molar-refractivity contribution in [2.75, 3.05) is 0 Å². The number of hydrogen-bond donors (Lipinski definition) is 1. The minimum Gasteiger partial charge on any atom is -0.308 e. The van der Waals surface area contributed by atoms with E-state index in [1.54, 1.807) is 11.0 Å². The molecule has 0 aromatic carbocycles. The van der Waals surface area contributed by atoms with Gasteiger partial charge >= 0.3 is 0 Å². The lowest BCUT2D eigenvalue weighted by Gasteiger charge is -2.20. The van der Waals surface area contributed by atoms with Gasteiger partial charge in [0.2, 0.25) is 0 Å². The minimum atomic E-state index is 0.0804. The highest BCUT2D eigenvalue weighted by molar-refractivity contribution is 5.20. The second-order valence-corrected chi connectivity index (χ2v) is 5.22. The summed E-state index contributed by atoms with van der Waals surface area (Å²) in [6.07, 6.45) is 4.88. The van der Waals surface area contributed by atoms with Crippen LogP contribution in [0.25, 0.3) is 5.95 Å². The van der Waals surface area contributed by atoms with Crippen LogP contribution in [0.3, 0.4) is 0 Å². The summed E-state index contributed by atoms with van der Waals surface area (Å²) in [5.74, 6) is 0.546. The lowest BCUT2D eigenvalue weighted by Crippen LogP contribution is -2.35. The number of nitrogens with one attached hydrogen (secondary N) is 1. The molecule has 0 bridgehead atoms. The van der Waals surface area contributed by atoms with E-state index in [0.717, 1.165) is 17.8 Å². The van der Waals surface area contributed by atoms with Crippen molar-refractivity contribution >= 4 is 0 Å². The van der Waals surface area contributed by atoms with Crippen LogP contribution >= 0.6 is 0 Å². The molecule has 2 aromatic rings. The molecule has 0 spiro atoms. The van der Waals surface area contributed by atoms with Gasteiger partial charge in [-0.15, -0.1) is 0 Å². The van der Waals surface area contributed by atoms with Crippen LogP contribution in [0.2, 0.25) is 0 Å². The van der Waals surface area contributed by atoms with Crippen molar-refractivity contribution in [3.05, 3.63) is 30.1 Å². The zero-order valence-corrected chi connectivity index (χ0v) is 11.2. The minimum absolute atomic E-state index is 0.0804. The second kappa shape index (κ2) is 4.81. The number of rotatable bonds is 3. The van der Waals surface area contributed by atoms with Gasteiger partial charge in [0.25, 0.3) is 5.95 Å². The number of nitrogens with zero attached hydrogens (tertiary/aromatic N) is 5. The molecule has 2 aromatic heterocycles. The van der Waals surface area contributed by atoms with E-state index in [2.05, 4.69) is 46.1 Å². The van der Waals surface area contributed by atoms with Crippen LogP contribution in [-0.4, -0.2) is 30.3 Å². The third kappa shape index (κ3) is 3.10. The van der Waals surface area contributed by atoms with Gasteiger partial charge < -0.3 is 5.32 Å². The lowest BCUT2D eigenvalue weighted by atomic mass is 10.1. The summed E-state index contributed by atoms with van der Waals surface area (Å²) in [6, 6.07) is 0. The molecule has 6 nitrogen and oxygen atoms in total. The van der Waals surface area contributed by atoms with Gasteiger partial charge in [0.1, 0.15) is 12.7 Å². The Morgan fingerprint density at radius 2 is 2.11 bits per heavy atom. The van der Waals surface area contributed by atoms with Crippen molar-refractivity contribution in [1.29, 1.82) is 0 Å². The van der Waals surface area contributed by atoms with Crippen molar-refractivity contribution in [3.8, 4) is 5.95 Å². The topological polar surface area (TPSA) is 68.5 Å². The normalized spacial score (nSPS) is 11.8. The Balaban J connectivity index is 2.16. The first kappa shape index (κ1) is 12.6. The first-order valence-corrected chi connectivity index (χ1v) is 5.88. The van der Waals surface area contributed by atoms with Crippen molar-refractivity contribution in [2.45, 2.75) is 39.8 Å². The molecule has 6 heteroatoms. The largest absolute Gasteiger partial charge is 0.308 e. The van der Waals surface area contributed by atoms with E-state index in [4.69, 9.17) is 0 Å². The van der Waals surface area contributed by atoms with Gasteiger partial charge in [-0.1, -0.05) is 0 Å². The smallest absolute Gasteiger partial charge is 0.252 e. The highest BCUT2D eigenvalue weighted by atomic mass is 15.4. The molecular weight excluding hydrogens is 228 g/mol. The van der Waals surface area contributed by atoms with Crippen LogP contribution in [0.1, 0.15) is 32.0 Å². The van der Waals surface area contributed by atoms with Crippen LogP contribution in [0.15, 0.2) is 18.9 Å². The van der Waals surface area contributed by atoms with E-state index in [0.29, 0.717) is 5.95 Å². The Morgan fingerprint density at radius 3 is 2.67 bits per heavy atom. The molecule has 2 heterocycles. The van der Waals surface area contributed by atoms with E-state index >= 15 is 0 Å². The third-order valence-electron chi connectivity index (χ3n) is 2.50. The van der Waals surface area contributed by atoms with E-state index in [1.807, 2.05) is 13.1 Å². The van der Waals surface area contributed by atoms with Gasteiger partial charge in [0.15, 0.2) is 0 Å². The SMILES string of the molecule is Cc1nc(-n2cncn2)ncc1CNC(C)(C)C. The van der Waals surface area contributed by atoms with Gasteiger partial charge in [-0.2, -0.15) is 9.78 Å². The fraction of sp³-hybridized carbons (Fsp3) is 0.500. The molecule has 0 amide bonds. The molecule has 96 valence electrons. The molecule has 0 unspecified atom stereocenters. The van der Waals surface area contributed by atoms with E-state index in [9.17, 15) is 0 Å². The van der Waals surface area contributed by atoms with Gasteiger partial charge in [-0.3, -0.25) is 0 Å². The van der Waals surface area contributed by atoms with Crippen molar-refractivity contribution in [3.63, 3.8) is 0 Å². The summed E-state index contributed by atoms with van der Waals surface area (Å²) in [5.41, 5.74) is 2.12. The van der Waals surface area contributed by atoms with Crippen molar-refractivity contribution < 1.29 is 0 Å². The Hall–Kier alpha value is -1.82. The van der Waals surface area contributed by atoms with Crippen LogP contribution in [0.5, 0.6) is 0 Å². The Morgan fingerprint density at radius 1 is 1.33 bits per heavy atom. The lowest BCUT2D eigenvalue weighted by molar-refractivity contribution is 0.423. The van der Waals surface area contributed by atoms with Gasteiger partial charge in [0.05, 0.1) is 0 Å². The van der Waals surface area contributed by atoms with E-state index < -0.39 is 0 Å². The summed E-state index contributed by atoms with van der Waals surface area (Å²) in [7, 11) is 0. The van der Waals surface area contributed by atoms with Crippen LogP contribution < -0.4 is 5.32 Å². The number of aromatic nitrogens is 5.